The maximum absolute atomic E-state index is 12.7. The number of morpholine rings is 1. The summed E-state index contributed by atoms with van der Waals surface area (Å²) >= 11 is 2.59. The largest absolute Gasteiger partial charge is 0.379 e. The van der Waals surface area contributed by atoms with Gasteiger partial charge in [0.1, 0.15) is 4.21 Å². The Morgan fingerprint density at radius 2 is 2.11 bits per heavy atom. The summed E-state index contributed by atoms with van der Waals surface area (Å²) in [4.78, 5) is 18.6. The smallest absolute Gasteiger partial charge is 0.223 e. The average molecular weight is 430 g/mol. The van der Waals surface area contributed by atoms with Crippen LogP contribution in [-0.2, 0) is 19.4 Å². The van der Waals surface area contributed by atoms with E-state index in [4.69, 9.17) is 4.74 Å². The molecule has 0 spiro atoms. The van der Waals surface area contributed by atoms with Crippen molar-refractivity contribution >= 4 is 43.5 Å². The molecule has 1 N–H and O–H groups in total. The van der Waals surface area contributed by atoms with Crippen molar-refractivity contribution in [3.05, 3.63) is 17.1 Å². The molecule has 0 radical (unpaired) electrons. The van der Waals surface area contributed by atoms with E-state index >= 15 is 0 Å². The van der Waals surface area contributed by atoms with Crippen molar-refractivity contribution in [1.29, 1.82) is 0 Å². The fraction of sp³-hybridized carbons (Fsp3) is 0.529. The standard InChI is InChI=1S/C17H23N3O4S3/c1-12-16(26-17(18-12)19-13(2)21)14-10-15(25-11-14)27(22,23)9-3-4-20-5-7-24-8-6-20/h10-11H,3-9H2,1-2H3,(H,18,19,21). The Morgan fingerprint density at radius 3 is 2.81 bits per heavy atom. The molecule has 1 amide bonds. The van der Waals surface area contributed by atoms with E-state index in [-0.39, 0.29) is 11.7 Å². The van der Waals surface area contributed by atoms with Crippen molar-refractivity contribution in [3.63, 3.8) is 0 Å². The minimum atomic E-state index is -3.30. The molecule has 0 aliphatic carbocycles. The molecule has 0 aromatic carbocycles. The van der Waals surface area contributed by atoms with Crippen LogP contribution in [-0.4, -0.2) is 62.8 Å². The molecule has 3 rings (SSSR count). The van der Waals surface area contributed by atoms with Crippen LogP contribution in [0.1, 0.15) is 19.0 Å². The molecule has 1 aliphatic heterocycles. The topological polar surface area (TPSA) is 88.6 Å². The summed E-state index contributed by atoms with van der Waals surface area (Å²) < 4.78 is 31.0. The molecule has 0 unspecified atom stereocenters. The van der Waals surface area contributed by atoms with Crippen molar-refractivity contribution in [2.24, 2.45) is 0 Å². The van der Waals surface area contributed by atoms with E-state index in [1.807, 2.05) is 12.3 Å². The van der Waals surface area contributed by atoms with Crippen LogP contribution in [0.3, 0.4) is 0 Å². The number of rotatable bonds is 7. The van der Waals surface area contributed by atoms with Crippen molar-refractivity contribution in [3.8, 4) is 10.4 Å². The SMILES string of the molecule is CC(=O)Nc1nc(C)c(-c2csc(S(=O)(=O)CCCN3CCOCC3)c2)s1. The van der Waals surface area contributed by atoms with Gasteiger partial charge in [0.15, 0.2) is 15.0 Å². The van der Waals surface area contributed by atoms with Crippen molar-refractivity contribution in [2.75, 3.05) is 43.9 Å². The Labute approximate surface area is 167 Å². The number of carbonyl (C=O) groups excluding carboxylic acids is 1. The Kier molecular flexibility index (Phi) is 6.64. The van der Waals surface area contributed by atoms with Gasteiger partial charge in [-0.15, -0.1) is 11.3 Å². The van der Waals surface area contributed by atoms with Gasteiger partial charge in [0, 0.05) is 31.0 Å². The third-order valence-corrected chi connectivity index (χ3v) is 8.67. The van der Waals surface area contributed by atoms with Gasteiger partial charge >= 0.3 is 0 Å². The van der Waals surface area contributed by atoms with Crippen LogP contribution in [0.4, 0.5) is 5.13 Å². The molecule has 10 heteroatoms. The number of aromatic nitrogens is 1. The number of amides is 1. The molecule has 3 heterocycles. The zero-order chi connectivity index (χ0) is 19.4. The molecule has 0 bridgehead atoms. The minimum Gasteiger partial charge on any atom is -0.379 e. The lowest BCUT2D eigenvalue weighted by Gasteiger charge is -2.26. The Bertz CT molecular complexity index is 898. The zero-order valence-electron chi connectivity index (χ0n) is 15.4. The predicted octanol–water partition coefficient (Wildman–Crippen LogP) is 2.63. The molecule has 148 valence electrons. The predicted molar refractivity (Wildman–Crippen MR) is 108 cm³/mol. The van der Waals surface area contributed by atoms with Crippen molar-refractivity contribution in [1.82, 2.24) is 9.88 Å². The van der Waals surface area contributed by atoms with Crippen molar-refractivity contribution in [2.45, 2.75) is 24.5 Å². The average Bonchev–Trinajstić information content (AvgIpc) is 3.22. The van der Waals surface area contributed by atoms with E-state index in [2.05, 4.69) is 15.2 Å². The first kappa shape index (κ1) is 20.4. The molecular formula is C17H23N3O4S3. The lowest BCUT2D eigenvalue weighted by atomic mass is 10.2. The lowest BCUT2D eigenvalue weighted by molar-refractivity contribution is -0.114. The molecule has 2 aromatic rings. The van der Waals surface area contributed by atoms with Gasteiger partial charge in [-0.05, 0) is 26.0 Å². The van der Waals surface area contributed by atoms with Gasteiger partial charge in [-0.3, -0.25) is 9.69 Å². The fourth-order valence-electron chi connectivity index (χ4n) is 2.87. The number of nitrogens with zero attached hydrogens (tertiary/aromatic N) is 2. The quantitative estimate of drug-likeness (QED) is 0.728. The molecule has 1 aliphatic rings. The first-order chi connectivity index (χ1) is 12.8. The highest BCUT2D eigenvalue weighted by atomic mass is 32.2. The van der Waals surface area contributed by atoms with Gasteiger partial charge in [-0.1, -0.05) is 11.3 Å². The van der Waals surface area contributed by atoms with Crippen LogP contribution in [0, 0.1) is 6.92 Å². The number of thiophene rings is 1. The first-order valence-corrected chi connectivity index (χ1v) is 12.1. The first-order valence-electron chi connectivity index (χ1n) is 8.72. The third kappa shape index (κ3) is 5.35. The maximum atomic E-state index is 12.7. The molecule has 27 heavy (non-hydrogen) atoms. The number of aryl methyl sites for hydroxylation is 1. The van der Waals surface area contributed by atoms with Gasteiger partial charge in [0.25, 0.3) is 0 Å². The van der Waals surface area contributed by atoms with Gasteiger partial charge in [0.2, 0.25) is 5.91 Å². The Hall–Kier alpha value is -1.33. The van der Waals surface area contributed by atoms with E-state index in [1.54, 1.807) is 6.07 Å². The fourth-order valence-corrected chi connectivity index (χ4v) is 6.57. The summed E-state index contributed by atoms with van der Waals surface area (Å²) in [6.07, 6.45) is 0.613. The summed E-state index contributed by atoms with van der Waals surface area (Å²) in [5.74, 6) is -0.0347. The van der Waals surface area contributed by atoms with E-state index < -0.39 is 9.84 Å². The third-order valence-electron chi connectivity index (χ3n) is 4.21. The van der Waals surface area contributed by atoms with Crippen LogP contribution in [0.5, 0.6) is 0 Å². The summed E-state index contributed by atoms with van der Waals surface area (Å²) in [7, 11) is -3.30. The van der Waals surface area contributed by atoms with E-state index in [1.165, 1.54) is 29.6 Å². The highest BCUT2D eigenvalue weighted by Gasteiger charge is 2.20. The molecule has 0 atom stereocenters. The van der Waals surface area contributed by atoms with Crippen LogP contribution in [0.2, 0.25) is 0 Å². The van der Waals surface area contributed by atoms with Crippen LogP contribution in [0.25, 0.3) is 10.4 Å². The number of hydrogen-bond donors (Lipinski definition) is 1. The normalized spacial score (nSPS) is 15.8. The summed E-state index contributed by atoms with van der Waals surface area (Å²) in [5.41, 5.74) is 1.61. The molecule has 1 saturated heterocycles. The number of anilines is 1. The highest BCUT2D eigenvalue weighted by molar-refractivity contribution is 7.93. The van der Waals surface area contributed by atoms with Gasteiger partial charge in [0.05, 0.1) is 29.5 Å². The molecular weight excluding hydrogens is 406 g/mol. The second-order valence-corrected chi connectivity index (χ2v) is 10.6. The lowest BCUT2D eigenvalue weighted by Crippen LogP contribution is -2.37. The van der Waals surface area contributed by atoms with Crippen LogP contribution < -0.4 is 5.32 Å². The van der Waals surface area contributed by atoms with Crippen LogP contribution in [0.15, 0.2) is 15.7 Å². The van der Waals surface area contributed by atoms with Crippen molar-refractivity contribution < 1.29 is 17.9 Å². The minimum absolute atomic E-state index is 0.142. The van der Waals surface area contributed by atoms with Gasteiger partial charge in [-0.2, -0.15) is 0 Å². The van der Waals surface area contributed by atoms with Gasteiger partial charge in [-0.25, -0.2) is 13.4 Å². The molecule has 1 fully saturated rings. The number of carbonyl (C=O) groups is 1. The zero-order valence-corrected chi connectivity index (χ0v) is 17.8. The Morgan fingerprint density at radius 1 is 1.37 bits per heavy atom. The molecule has 7 nitrogen and oxygen atoms in total. The number of ether oxygens (including phenoxy) is 1. The van der Waals surface area contributed by atoms with Crippen LogP contribution >= 0.6 is 22.7 Å². The number of nitrogens with one attached hydrogen (secondary N) is 1. The summed E-state index contributed by atoms with van der Waals surface area (Å²) in [5, 5.41) is 5.04. The summed E-state index contributed by atoms with van der Waals surface area (Å²) in [6.45, 7) is 7.23. The number of hydrogen-bond acceptors (Lipinski definition) is 8. The highest BCUT2D eigenvalue weighted by Crippen LogP contribution is 2.36. The molecule has 0 saturated carbocycles. The number of thiazole rings is 1. The second-order valence-electron chi connectivity index (χ2n) is 6.40. The number of sulfone groups is 1. The Balaban J connectivity index is 1.65. The van der Waals surface area contributed by atoms with E-state index in [0.717, 1.165) is 49.0 Å². The van der Waals surface area contributed by atoms with Gasteiger partial charge < -0.3 is 10.1 Å². The maximum Gasteiger partial charge on any atom is 0.223 e. The molecule has 2 aromatic heterocycles. The summed E-state index contributed by atoms with van der Waals surface area (Å²) in [6, 6.07) is 1.72. The van der Waals surface area contributed by atoms with E-state index in [0.29, 0.717) is 15.8 Å². The van der Waals surface area contributed by atoms with E-state index in [9.17, 15) is 13.2 Å². The monoisotopic (exact) mass is 429 g/mol. The second kappa shape index (κ2) is 8.78.